The Morgan fingerprint density at radius 3 is 2.42 bits per heavy atom. The molecule has 0 fully saturated rings. The van der Waals surface area contributed by atoms with Gasteiger partial charge in [-0.2, -0.15) is 0 Å². The normalized spacial score (nSPS) is 11.3. The van der Waals surface area contributed by atoms with E-state index in [1.165, 1.54) is 0 Å². The molecule has 0 saturated carbocycles. The fourth-order valence-corrected chi connectivity index (χ4v) is 3.43. The predicted molar refractivity (Wildman–Crippen MR) is 128 cm³/mol. The summed E-state index contributed by atoms with van der Waals surface area (Å²) in [5, 5.41) is 21.4. The van der Waals surface area contributed by atoms with Gasteiger partial charge < -0.3 is 26.2 Å². The number of nitrogens with one attached hydrogen (secondary N) is 3. The molecule has 0 bridgehead atoms. The number of carboxylic acids is 1. The fraction of sp³-hybridized carbons (Fsp3) is 0.304. The summed E-state index contributed by atoms with van der Waals surface area (Å²) in [5.74, 6) is -1.14. The van der Waals surface area contributed by atoms with E-state index in [-0.39, 0.29) is 24.7 Å². The summed E-state index contributed by atoms with van der Waals surface area (Å²) >= 11 is 3.45. The molecule has 0 saturated heterocycles. The molecule has 0 radical (unpaired) electrons. The molecule has 6 N–H and O–H groups in total. The van der Waals surface area contributed by atoms with Gasteiger partial charge in [-0.05, 0) is 77.7 Å². The van der Waals surface area contributed by atoms with Crippen LogP contribution in [0, 0.1) is 5.41 Å². The van der Waals surface area contributed by atoms with Gasteiger partial charge in [-0.15, -0.1) is 0 Å². The Morgan fingerprint density at radius 2 is 1.82 bits per heavy atom. The second-order valence-corrected chi connectivity index (χ2v) is 8.25. The maximum absolute atomic E-state index is 12.3. The van der Waals surface area contributed by atoms with E-state index in [0.29, 0.717) is 40.9 Å². The molecular formula is C23H27BrN4O5. The lowest BCUT2D eigenvalue weighted by atomic mass is 10.1. The summed E-state index contributed by atoms with van der Waals surface area (Å²) in [7, 11) is 0. The number of carbonyl (C=O) groups excluding carboxylic acids is 2. The van der Waals surface area contributed by atoms with Gasteiger partial charge in [0.05, 0.1) is 17.1 Å². The lowest BCUT2D eigenvalue weighted by molar-refractivity contribution is -0.137. The van der Waals surface area contributed by atoms with E-state index in [1.807, 2.05) is 19.1 Å². The Kier molecular flexibility index (Phi) is 9.86. The number of hydrogen-bond acceptors (Lipinski definition) is 5. The number of hydrogen-bond donors (Lipinski definition) is 5. The van der Waals surface area contributed by atoms with Crippen LogP contribution in [0.25, 0.3) is 0 Å². The number of nitrogens with two attached hydrogens (primary N) is 1. The van der Waals surface area contributed by atoms with E-state index in [9.17, 15) is 14.4 Å². The van der Waals surface area contributed by atoms with Crippen molar-refractivity contribution in [2.75, 3.05) is 11.9 Å². The van der Waals surface area contributed by atoms with Gasteiger partial charge in [0, 0.05) is 17.7 Å². The van der Waals surface area contributed by atoms with Crippen LogP contribution in [0.5, 0.6) is 5.75 Å². The van der Waals surface area contributed by atoms with E-state index in [1.54, 1.807) is 30.3 Å². The molecule has 33 heavy (non-hydrogen) atoms. The molecule has 0 aromatic heterocycles. The lowest BCUT2D eigenvalue weighted by Crippen LogP contribution is -2.30. The molecule has 2 aromatic rings. The summed E-state index contributed by atoms with van der Waals surface area (Å²) in [6.45, 7) is 2.22. The molecule has 176 valence electrons. The van der Waals surface area contributed by atoms with Gasteiger partial charge >= 0.3 is 5.97 Å². The van der Waals surface area contributed by atoms with Crippen molar-refractivity contribution in [3.63, 3.8) is 0 Å². The van der Waals surface area contributed by atoms with Crippen molar-refractivity contribution in [3.05, 3.63) is 58.1 Å². The molecule has 0 unspecified atom stereocenters. The highest BCUT2D eigenvalue weighted by molar-refractivity contribution is 9.10. The number of carbonyl (C=O) groups is 3. The third-order valence-corrected chi connectivity index (χ3v) is 5.30. The summed E-state index contributed by atoms with van der Waals surface area (Å²) in [5.41, 5.74) is 7.28. The zero-order valence-corrected chi connectivity index (χ0v) is 19.8. The average Bonchev–Trinajstić information content (AvgIpc) is 2.74. The Morgan fingerprint density at radius 1 is 1.12 bits per heavy atom. The molecule has 9 nitrogen and oxygen atoms in total. The van der Waals surface area contributed by atoms with E-state index < -0.39 is 17.8 Å². The summed E-state index contributed by atoms with van der Waals surface area (Å²) in [6, 6.07) is 11.5. The average molecular weight is 519 g/mol. The minimum Gasteiger partial charge on any atom is -0.492 e. The number of amidine groups is 1. The van der Waals surface area contributed by atoms with Crippen LogP contribution in [-0.2, 0) is 14.4 Å². The lowest BCUT2D eigenvalue weighted by Gasteiger charge is -2.16. The Balaban J connectivity index is 1.81. The third-order valence-electron chi connectivity index (χ3n) is 4.68. The van der Waals surface area contributed by atoms with Crippen molar-refractivity contribution < 1.29 is 24.2 Å². The highest BCUT2D eigenvalue weighted by Crippen LogP contribution is 2.28. The van der Waals surface area contributed by atoms with Crippen molar-refractivity contribution in [3.8, 4) is 5.75 Å². The van der Waals surface area contributed by atoms with E-state index in [4.69, 9.17) is 21.0 Å². The zero-order chi connectivity index (χ0) is 24.4. The van der Waals surface area contributed by atoms with Crippen LogP contribution < -0.4 is 21.1 Å². The first-order valence-corrected chi connectivity index (χ1v) is 11.1. The number of amides is 2. The molecule has 0 spiro atoms. The van der Waals surface area contributed by atoms with Gasteiger partial charge in [0.15, 0.2) is 0 Å². The fourth-order valence-electron chi connectivity index (χ4n) is 2.92. The number of anilines is 1. The van der Waals surface area contributed by atoms with Gasteiger partial charge in [-0.3, -0.25) is 19.8 Å². The standard InChI is InChI=1S/C23H27BrN4O5/c1-14(16-7-10-19(18(24)12-16)33-11-3-2-4-22(31)32)27-20(29)13-21(30)28-17-8-5-15(6-9-17)23(25)26/h5-10,12,14H,2-4,11,13H2,1H3,(H3,25,26)(H,27,29)(H,28,30)(H,31,32)/t14-/m0/s1. The first kappa shape index (κ1) is 25.9. The van der Waals surface area contributed by atoms with E-state index >= 15 is 0 Å². The summed E-state index contributed by atoms with van der Waals surface area (Å²) in [6.07, 6.45) is 0.962. The molecule has 0 aliphatic heterocycles. The maximum Gasteiger partial charge on any atom is 0.303 e. The SMILES string of the molecule is C[C@H](NC(=O)CC(=O)Nc1ccc(C(=N)N)cc1)c1ccc(OCCCCC(=O)O)c(Br)c1. The molecule has 2 aromatic carbocycles. The van der Waals surface area contributed by atoms with Crippen molar-refractivity contribution in [1.82, 2.24) is 5.32 Å². The first-order chi connectivity index (χ1) is 15.7. The molecule has 10 heteroatoms. The molecule has 2 amide bonds. The smallest absolute Gasteiger partial charge is 0.303 e. The third kappa shape index (κ3) is 8.93. The Hall–Kier alpha value is -3.40. The van der Waals surface area contributed by atoms with Crippen LogP contribution in [0.4, 0.5) is 5.69 Å². The van der Waals surface area contributed by atoms with E-state index in [0.717, 1.165) is 5.56 Å². The first-order valence-electron chi connectivity index (χ1n) is 10.3. The second kappa shape index (κ2) is 12.6. The van der Waals surface area contributed by atoms with Crippen LogP contribution in [-0.4, -0.2) is 35.3 Å². The largest absolute Gasteiger partial charge is 0.492 e. The molecule has 0 aliphatic rings. The minimum absolute atomic E-state index is 0.0665. The number of ether oxygens (including phenoxy) is 1. The van der Waals surface area contributed by atoms with Gasteiger partial charge in [-0.1, -0.05) is 6.07 Å². The maximum atomic E-state index is 12.3. The number of benzene rings is 2. The van der Waals surface area contributed by atoms with Crippen molar-refractivity contribution in [2.45, 2.75) is 38.6 Å². The number of rotatable bonds is 12. The monoisotopic (exact) mass is 518 g/mol. The minimum atomic E-state index is -0.822. The second-order valence-electron chi connectivity index (χ2n) is 7.39. The molecule has 2 rings (SSSR count). The van der Waals surface area contributed by atoms with Gasteiger partial charge in [0.25, 0.3) is 0 Å². The van der Waals surface area contributed by atoms with Crippen molar-refractivity contribution >= 4 is 45.2 Å². The highest BCUT2D eigenvalue weighted by Gasteiger charge is 2.15. The zero-order valence-electron chi connectivity index (χ0n) is 18.2. The van der Waals surface area contributed by atoms with Crippen LogP contribution in [0.2, 0.25) is 0 Å². The van der Waals surface area contributed by atoms with Crippen molar-refractivity contribution in [2.24, 2.45) is 5.73 Å². The summed E-state index contributed by atoms with van der Waals surface area (Å²) < 4.78 is 6.38. The van der Waals surface area contributed by atoms with Gasteiger partial charge in [-0.25, -0.2) is 0 Å². The van der Waals surface area contributed by atoms with Crippen LogP contribution >= 0.6 is 15.9 Å². The van der Waals surface area contributed by atoms with Crippen LogP contribution in [0.15, 0.2) is 46.9 Å². The number of nitrogen functional groups attached to an aromatic ring is 1. The van der Waals surface area contributed by atoms with Crippen molar-refractivity contribution in [1.29, 1.82) is 5.41 Å². The topological polar surface area (TPSA) is 155 Å². The highest BCUT2D eigenvalue weighted by atomic mass is 79.9. The molecule has 1 atom stereocenters. The predicted octanol–water partition coefficient (Wildman–Crippen LogP) is 3.57. The van der Waals surface area contributed by atoms with Crippen LogP contribution in [0.3, 0.4) is 0 Å². The number of halogens is 1. The Labute approximate surface area is 200 Å². The molecular weight excluding hydrogens is 492 g/mol. The number of unbranched alkanes of at least 4 members (excludes halogenated alkanes) is 1. The van der Waals surface area contributed by atoms with Gasteiger partial charge in [0.2, 0.25) is 11.8 Å². The molecule has 0 aliphatic carbocycles. The van der Waals surface area contributed by atoms with E-state index in [2.05, 4.69) is 26.6 Å². The van der Waals surface area contributed by atoms with Crippen LogP contribution in [0.1, 0.15) is 49.8 Å². The Bertz CT molecular complexity index is 1010. The quantitative estimate of drug-likeness (QED) is 0.125. The summed E-state index contributed by atoms with van der Waals surface area (Å²) in [4.78, 5) is 35.0. The number of carboxylic acid groups (broad SMARTS) is 1. The van der Waals surface area contributed by atoms with Gasteiger partial charge in [0.1, 0.15) is 18.0 Å². The number of aliphatic carboxylic acids is 1. The molecule has 0 heterocycles.